The highest BCUT2D eigenvalue weighted by Gasteiger charge is 2.19. The van der Waals surface area contributed by atoms with Gasteiger partial charge in [-0.15, -0.1) is 0 Å². The zero-order valence-corrected chi connectivity index (χ0v) is 10.9. The van der Waals surface area contributed by atoms with E-state index in [1.807, 2.05) is 18.2 Å². The fourth-order valence-electron chi connectivity index (χ4n) is 2.88. The molecule has 0 radical (unpaired) electrons. The summed E-state index contributed by atoms with van der Waals surface area (Å²) in [5.74, 6) is 0. The van der Waals surface area contributed by atoms with Gasteiger partial charge in [0, 0.05) is 28.2 Å². The molecule has 20 heavy (non-hydrogen) atoms. The molecular weight excluding hydrogens is 244 g/mol. The maximum absolute atomic E-state index is 6.22. The Morgan fingerprint density at radius 1 is 0.600 bits per heavy atom. The van der Waals surface area contributed by atoms with Crippen LogP contribution in [0.5, 0.6) is 0 Å². The number of hydrogen-bond donors (Lipinski definition) is 2. The van der Waals surface area contributed by atoms with Gasteiger partial charge in [0.05, 0.1) is 0 Å². The number of para-hydroxylation sites is 1. The molecule has 0 saturated carbocycles. The second-order valence-electron chi connectivity index (χ2n) is 4.99. The minimum absolute atomic E-state index is 0.801. The molecule has 0 amide bonds. The molecule has 0 spiro atoms. The van der Waals surface area contributed by atoms with E-state index in [2.05, 4.69) is 53.8 Å². The van der Waals surface area contributed by atoms with Crippen molar-refractivity contribution in [3.05, 3.63) is 66.7 Å². The van der Waals surface area contributed by atoms with Gasteiger partial charge in [0.25, 0.3) is 0 Å². The Hall–Kier alpha value is -2.74. The van der Waals surface area contributed by atoms with E-state index in [9.17, 15) is 0 Å². The fraction of sp³-hybridized carbons (Fsp3) is 0. The van der Waals surface area contributed by atoms with Crippen LogP contribution in [0.3, 0.4) is 0 Å². The van der Waals surface area contributed by atoms with Gasteiger partial charge in [-0.1, -0.05) is 48.5 Å². The van der Waals surface area contributed by atoms with Crippen LogP contribution >= 0.6 is 0 Å². The molecule has 0 saturated heterocycles. The van der Waals surface area contributed by atoms with E-state index < -0.39 is 0 Å². The summed E-state index contributed by atoms with van der Waals surface area (Å²) < 4.78 is 0. The molecular formula is C18H14N2. The van der Waals surface area contributed by atoms with Gasteiger partial charge in [0.2, 0.25) is 0 Å². The molecule has 0 atom stereocenters. The maximum Gasteiger partial charge on any atom is 0.0485 e. The van der Waals surface area contributed by atoms with Crippen LogP contribution in [-0.4, -0.2) is 0 Å². The van der Waals surface area contributed by atoms with Crippen LogP contribution in [0, 0.1) is 0 Å². The lowest BCUT2D eigenvalue weighted by molar-refractivity contribution is 1.57. The fourth-order valence-corrected chi connectivity index (χ4v) is 2.88. The number of hydrogen-bond acceptors (Lipinski definition) is 2. The van der Waals surface area contributed by atoms with Gasteiger partial charge >= 0.3 is 0 Å². The van der Waals surface area contributed by atoms with E-state index in [4.69, 9.17) is 5.73 Å². The number of rotatable bonds is 0. The average molecular weight is 258 g/mol. The molecule has 3 aromatic rings. The normalized spacial score (nSPS) is 11.6. The van der Waals surface area contributed by atoms with Crippen LogP contribution in [-0.2, 0) is 0 Å². The molecule has 2 nitrogen and oxygen atoms in total. The Kier molecular flexibility index (Phi) is 2.30. The van der Waals surface area contributed by atoms with Crippen molar-refractivity contribution in [2.75, 3.05) is 11.1 Å². The molecule has 0 bridgehead atoms. The van der Waals surface area contributed by atoms with Gasteiger partial charge in [-0.05, 0) is 29.3 Å². The van der Waals surface area contributed by atoms with Crippen LogP contribution in [0.15, 0.2) is 66.7 Å². The van der Waals surface area contributed by atoms with Crippen molar-refractivity contribution in [3.8, 4) is 22.3 Å². The highest BCUT2D eigenvalue weighted by atomic mass is 14.9. The predicted octanol–water partition coefficient (Wildman–Crippen LogP) is 4.66. The van der Waals surface area contributed by atoms with Crippen molar-refractivity contribution < 1.29 is 0 Å². The van der Waals surface area contributed by atoms with Crippen molar-refractivity contribution in [2.24, 2.45) is 0 Å². The first kappa shape index (κ1) is 11.1. The molecule has 2 heteroatoms. The van der Waals surface area contributed by atoms with Crippen LogP contribution in [0.1, 0.15) is 0 Å². The summed E-state index contributed by atoms with van der Waals surface area (Å²) >= 11 is 0. The third-order valence-electron chi connectivity index (χ3n) is 3.78. The van der Waals surface area contributed by atoms with Crippen molar-refractivity contribution >= 4 is 17.1 Å². The molecule has 96 valence electrons. The number of nitrogens with two attached hydrogens (primary N) is 1. The molecule has 4 rings (SSSR count). The standard InChI is InChI=1S/C18H14N2/c19-15-9-5-11-17-18(15)14-8-2-1-6-12(14)13-7-3-4-10-16(13)20-17/h1-11,20H,19H2. The van der Waals surface area contributed by atoms with Gasteiger partial charge < -0.3 is 11.1 Å². The molecule has 0 aromatic heterocycles. The average Bonchev–Trinajstić information content (AvgIpc) is 2.62. The van der Waals surface area contributed by atoms with E-state index in [-0.39, 0.29) is 0 Å². The molecule has 1 aliphatic heterocycles. The second kappa shape index (κ2) is 4.14. The first-order chi connectivity index (χ1) is 9.84. The van der Waals surface area contributed by atoms with Gasteiger partial charge in [0.1, 0.15) is 0 Å². The SMILES string of the molecule is Nc1cccc2c1-c1ccccc1-c1ccccc1N2. The lowest BCUT2D eigenvalue weighted by atomic mass is 9.94. The van der Waals surface area contributed by atoms with Gasteiger partial charge in [-0.25, -0.2) is 0 Å². The number of fused-ring (bicyclic) bond motifs is 5. The molecule has 1 heterocycles. The summed E-state index contributed by atoms with van der Waals surface area (Å²) in [6.07, 6.45) is 0. The number of nitrogens with one attached hydrogen (secondary N) is 1. The summed E-state index contributed by atoms with van der Waals surface area (Å²) in [5.41, 5.74) is 13.9. The largest absolute Gasteiger partial charge is 0.398 e. The van der Waals surface area contributed by atoms with Crippen LogP contribution in [0.25, 0.3) is 22.3 Å². The Bertz CT molecular complexity index is 806. The van der Waals surface area contributed by atoms with E-state index in [0.717, 1.165) is 22.6 Å². The minimum atomic E-state index is 0.801. The van der Waals surface area contributed by atoms with Gasteiger partial charge in [0.15, 0.2) is 0 Å². The summed E-state index contributed by atoms with van der Waals surface area (Å²) in [5, 5.41) is 3.51. The molecule has 3 N–H and O–H groups in total. The van der Waals surface area contributed by atoms with Crippen molar-refractivity contribution in [1.29, 1.82) is 0 Å². The van der Waals surface area contributed by atoms with Crippen molar-refractivity contribution in [2.45, 2.75) is 0 Å². The predicted molar refractivity (Wildman–Crippen MR) is 85.0 cm³/mol. The van der Waals surface area contributed by atoms with Crippen LogP contribution < -0.4 is 11.1 Å². The molecule has 0 fully saturated rings. The van der Waals surface area contributed by atoms with Crippen molar-refractivity contribution in [3.63, 3.8) is 0 Å². The van der Waals surface area contributed by atoms with Gasteiger partial charge in [-0.3, -0.25) is 0 Å². The topological polar surface area (TPSA) is 38.0 Å². The Morgan fingerprint density at radius 3 is 2.10 bits per heavy atom. The van der Waals surface area contributed by atoms with E-state index in [0.29, 0.717) is 0 Å². The molecule has 3 aromatic carbocycles. The first-order valence-electron chi connectivity index (χ1n) is 6.69. The smallest absolute Gasteiger partial charge is 0.0485 e. The summed E-state index contributed by atoms with van der Waals surface area (Å²) in [6, 6.07) is 22.8. The van der Waals surface area contributed by atoms with E-state index in [1.165, 1.54) is 16.7 Å². The van der Waals surface area contributed by atoms with E-state index >= 15 is 0 Å². The van der Waals surface area contributed by atoms with Crippen molar-refractivity contribution in [1.82, 2.24) is 0 Å². The lowest BCUT2D eigenvalue weighted by Crippen LogP contribution is -1.95. The summed E-state index contributed by atoms with van der Waals surface area (Å²) in [4.78, 5) is 0. The zero-order chi connectivity index (χ0) is 13.5. The third-order valence-corrected chi connectivity index (χ3v) is 3.78. The summed E-state index contributed by atoms with van der Waals surface area (Å²) in [6.45, 7) is 0. The second-order valence-corrected chi connectivity index (χ2v) is 4.99. The molecule has 1 aliphatic rings. The monoisotopic (exact) mass is 258 g/mol. The Morgan fingerprint density at radius 2 is 1.25 bits per heavy atom. The number of benzene rings is 3. The first-order valence-corrected chi connectivity index (χ1v) is 6.69. The number of nitrogen functional groups attached to an aromatic ring is 1. The third kappa shape index (κ3) is 1.51. The molecule has 0 unspecified atom stereocenters. The summed E-state index contributed by atoms with van der Waals surface area (Å²) in [7, 11) is 0. The zero-order valence-electron chi connectivity index (χ0n) is 10.9. The van der Waals surface area contributed by atoms with Gasteiger partial charge in [-0.2, -0.15) is 0 Å². The quantitative estimate of drug-likeness (QED) is 0.450. The lowest BCUT2D eigenvalue weighted by Gasteiger charge is -2.12. The number of anilines is 3. The Labute approximate surface area is 117 Å². The van der Waals surface area contributed by atoms with Crippen LogP contribution in [0.2, 0.25) is 0 Å². The van der Waals surface area contributed by atoms with E-state index in [1.54, 1.807) is 0 Å². The highest BCUT2D eigenvalue weighted by molar-refractivity contribution is 6.02. The molecule has 0 aliphatic carbocycles. The maximum atomic E-state index is 6.22. The minimum Gasteiger partial charge on any atom is -0.398 e. The highest BCUT2D eigenvalue weighted by Crippen LogP contribution is 2.45. The Balaban J connectivity index is 2.15. The van der Waals surface area contributed by atoms with Crippen LogP contribution in [0.4, 0.5) is 17.1 Å².